The average molecular weight is 302 g/mol. The molecular weight excluding hydrogens is 282 g/mol. The van der Waals surface area contributed by atoms with E-state index in [1.54, 1.807) is 13.2 Å². The maximum absolute atomic E-state index is 9.51. The van der Waals surface area contributed by atoms with Crippen molar-refractivity contribution in [2.24, 2.45) is 0 Å². The van der Waals surface area contributed by atoms with Crippen LogP contribution >= 0.6 is 11.6 Å². The lowest BCUT2D eigenvalue weighted by Crippen LogP contribution is -2.27. The summed E-state index contributed by atoms with van der Waals surface area (Å²) in [6.45, 7) is 2.40. The predicted octanol–water partition coefficient (Wildman–Crippen LogP) is 1.77. The second-order valence-electron chi connectivity index (χ2n) is 4.56. The number of methoxy groups -OCH3 is 1. The van der Waals surface area contributed by atoms with E-state index in [4.69, 9.17) is 25.8 Å². The molecule has 20 heavy (non-hydrogen) atoms. The van der Waals surface area contributed by atoms with E-state index in [1.165, 1.54) is 0 Å². The van der Waals surface area contributed by atoms with Crippen LogP contribution in [0.5, 0.6) is 11.5 Å². The van der Waals surface area contributed by atoms with Gasteiger partial charge in [0.25, 0.3) is 0 Å². The molecule has 1 aromatic carbocycles. The first-order valence-corrected chi connectivity index (χ1v) is 7.06. The summed E-state index contributed by atoms with van der Waals surface area (Å²) in [4.78, 5) is 0. The molecule has 0 aromatic heterocycles. The molecule has 1 aromatic rings. The number of nitrogens with one attached hydrogen (secondary N) is 1. The zero-order valence-electron chi connectivity index (χ0n) is 11.5. The fraction of sp³-hybridized carbons (Fsp3) is 0.571. The van der Waals surface area contributed by atoms with Gasteiger partial charge < -0.3 is 24.6 Å². The van der Waals surface area contributed by atoms with Gasteiger partial charge >= 0.3 is 0 Å². The van der Waals surface area contributed by atoms with Crippen LogP contribution in [-0.4, -0.2) is 45.2 Å². The smallest absolute Gasteiger partial charge is 0.179 e. The highest BCUT2D eigenvalue weighted by Gasteiger charge is 2.19. The summed E-state index contributed by atoms with van der Waals surface area (Å²) < 4.78 is 16.2. The topological polar surface area (TPSA) is 60.0 Å². The van der Waals surface area contributed by atoms with Crippen LogP contribution in [0, 0.1) is 0 Å². The molecule has 0 saturated carbocycles. The van der Waals surface area contributed by atoms with Gasteiger partial charge in [-0.15, -0.1) is 0 Å². The second kappa shape index (κ2) is 7.69. The Kier molecular flexibility index (Phi) is 5.91. The Morgan fingerprint density at radius 2 is 2.20 bits per heavy atom. The van der Waals surface area contributed by atoms with Crippen molar-refractivity contribution in [3.05, 3.63) is 22.7 Å². The van der Waals surface area contributed by atoms with Crippen LogP contribution in [-0.2, 0) is 4.74 Å². The van der Waals surface area contributed by atoms with Gasteiger partial charge in [0.15, 0.2) is 11.5 Å². The van der Waals surface area contributed by atoms with Crippen LogP contribution in [0.2, 0.25) is 5.02 Å². The molecule has 0 saturated heterocycles. The standard InChI is InChI=1S/C14H20ClNO4/c1-18-6-3-16-12(9-17)10-7-11(15)14-13(8-10)19-4-2-5-20-14/h7-8,12,16-17H,2-6,9H2,1H3. The largest absolute Gasteiger partial charge is 0.489 e. The summed E-state index contributed by atoms with van der Waals surface area (Å²) in [7, 11) is 1.64. The molecule has 0 bridgehead atoms. The van der Waals surface area contributed by atoms with E-state index in [1.807, 2.05) is 6.07 Å². The molecule has 112 valence electrons. The molecule has 1 unspecified atom stereocenters. The molecule has 1 heterocycles. The van der Waals surface area contributed by atoms with Crippen LogP contribution in [0.4, 0.5) is 0 Å². The summed E-state index contributed by atoms with van der Waals surface area (Å²) in [5, 5.41) is 13.2. The van der Waals surface area contributed by atoms with Crippen molar-refractivity contribution in [2.45, 2.75) is 12.5 Å². The van der Waals surface area contributed by atoms with E-state index in [0.717, 1.165) is 12.0 Å². The van der Waals surface area contributed by atoms with Gasteiger partial charge in [0.05, 0.1) is 37.5 Å². The molecule has 0 radical (unpaired) electrons. The molecule has 2 rings (SSSR count). The van der Waals surface area contributed by atoms with E-state index >= 15 is 0 Å². The molecule has 5 nitrogen and oxygen atoms in total. The van der Waals surface area contributed by atoms with Crippen molar-refractivity contribution >= 4 is 11.6 Å². The summed E-state index contributed by atoms with van der Waals surface area (Å²) in [6.07, 6.45) is 0.829. The first-order chi connectivity index (χ1) is 9.76. The summed E-state index contributed by atoms with van der Waals surface area (Å²) in [6, 6.07) is 3.46. The first-order valence-electron chi connectivity index (χ1n) is 6.68. The van der Waals surface area contributed by atoms with Crippen LogP contribution in [0.15, 0.2) is 12.1 Å². The highest BCUT2D eigenvalue weighted by atomic mass is 35.5. The number of hydrogen-bond donors (Lipinski definition) is 2. The normalized spacial score (nSPS) is 15.8. The maximum Gasteiger partial charge on any atom is 0.179 e. The van der Waals surface area contributed by atoms with Gasteiger partial charge in [-0.3, -0.25) is 0 Å². The monoisotopic (exact) mass is 301 g/mol. The zero-order chi connectivity index (χ0) is 14.4. The number of ether oxygens (including phenoxy) is 3. The van der Waals surface area contributed by atoms with E-state index < -0.39 is 0 Å². The third kappa shape index (κ3) is 3.76. The fourth-order valence-electron chi connectivity index (χ4n) is 2.07. The molecule has 0 aliphatic carbocycles. The summed E-state index contributed by atoms with van der Waals surface area (Å²) in [5.41, 5.74) is 0.873. The second-order valence-corrected chi connectivity index (χ2v) is 4.97. The van der Waals surface area contributed by atoms with E-state index in [2.05, 4.69) is 5.32 Å². The van der Waals surface area contributed by atoms with Gasteiger partial charge in [0, 0.05) is 20.1 Å². The van der Waals surface area contributed by atoms with Crippen LogP contribution < -0.4 is 14.8 Å². The van der Waals surface area contributed by atoms with Gasteiger partial charge in [0.2, 0.25) is 0 Å². The minimum atomic E-state index is -0.209. The van der Waals surface area contributed by atoms with E-state index in [0.29, 0.717) is 42.9 Å². The Balaban J connectivity index is 2.18. The quantitative estimate of drug-likeness (QED) is 0.784. The molecule has 0 amide bonds. The third-order valence-electron chi connectivity index (χ3n) is 3.11. The van der Waals surface area contributed by atoms with Crippen LogP contribution in [0.1, 0.15) is 18.0 Å². The van der Waals surface area contributed by atoms with Crippen molar-refractivity contribution < 1.29 is 19.3 Å². The van der Waals surface area contributed by atoms with Crippen molar-refractivity contribution in [3.63, 3.8) is 0 Å². The fourth-order valence-corrected chi connectivity index (χ4v) is 2.35. The predicted molar refractivity (Wildman–Crippen MR) is 76.8 cm³/mol. The summed E-state index contributed by atoms with van der Waals surface area (Å²) >= 11 is 6.24. The van der Waals surface area contributed by atoms with Gasteiger partial charge in [-0.1, -0.05) is 11.6 Å². The van der Waals surface area contributed by atoms with E-state index in [9.17, 15) is 5.11 Å². The number of fused-ring (bicyclic) bond motifs is 1. The molecule has 1 atom stereocenters. The van der Waals surface area contributed by atoms with Crippen molar-refractivity contribution in [3.8, 4) is 11.5 Å². The number of rotatable bonds is 6. The van der Waals surface area contributed by atoms with Crippen LogP contribution in [0.3, 0.4) is 0 Å². The number of aliphatic hydroxyl groups is 1. The summed E-state index contributed by atoms with van der Waals surface area (Å²) in [5.74, 6) is 1.22. The van der Waals surface area contributed by atoms with Crippen molar-refractivity contribution in [1.29, 1.82) is 0 Å². The number of halogens is 1. The van der Waals surface area contributed by atoms with Gasteiger partial charge in [-0.25, -0.2) is 0 Å². The third-order valence-corrected chi connectivity index (χ3v) is 3.39. The average Bonchev–Trinajstić information content (AvgIpc) is 2.69. The Morgan fingerprint density at radius 1 is 1.40 bits per heavy atom. The number of benzene rings is 1. The van der Waals surface area contributed by atoms with Gasteiger partial charge in [-0.05, 0) is 17.7 Å². The lowest BCUT2D eigenvalue weighted by molar-refractivity contribution is 0.184. The number of hydrogen-bond acceptors (Lipinski definition) is 5. The molecule has 1 aliphatic heterocycles. The molecule has 0 fully saturated rings. The van der Waals surface area contributed by atoms with Crippen LogP contribution in [0.25, 0.3) is 0 Å². The minimum Gasteiger partial charge on any atom is -0.489 e. The Morgan fingerprint density at radius 3 is 2.95 bits per heavy atom. The molecular formula is C14H20ClNO4. The molecule has 1 aliphatic rings. The van der Waals surface area contributed by atoms with Gasteiger partial charge in [-0.2, -0.15) is 0 Å². The molecule has 0 spiro atoms. The lowest BCUT2D eigenvalue weighted by Gasteiger charge is -2.19. The van der Waals surface area contributed by atoms with Gasteiger partial charge in [0.1, 0.15) is 0 Å². The number of aliphatic hydroxyl groups excluding tert-OH is 1. The van der Waals surface area contributed by atoms with Crippen molar-refractivity contribution in [1.82, 2.24) is 5.32 Å². The lowest BCUT2D eigenvalue weighted by atomic mass is 10.1. The minimum absolute atomic E-state index is 0.0281. The zero-order valence-corrected chi connectivity index (χ0v) is 12.3. The molecule has 2 N–H and O–H groups in total. The van der Waals surface area contributed by atoms with Crippen molar-refractivity contribution in [2.75, 3.05) is 40.1 Å². The highest BCUT2D eigenvalue weighted by Crippen LogP contribution is 2.39. The van der Waals surface area contributed by atoms with E-state index in [-0.39, 0.29) is 12.6 Å². The molecule has 6 heteroatoms. The first kappa shape index (κ1) is 15.4. The maximum atomic E-state index is 9.51. The SMILES string of the molecule is COCCNC(CO)c1cc(Cl)c2c(c1)OCCCO2. The Hall–Kier alpha value is -1.01. The Bertz CT molecular complexity index is 441. The highest BCUT2D eigenvalue weighted by molar-refractivity contribution is 6.32. The Labute approximate surface area is 123 Å².